The number of alkyl carbamates (subject to hydrolysis) is 1. The number of hydrogen-bond acceptors (Lipinski definition) is 4. The summed E-state index contributed by atoms with van der Waals surface area (Å²) in [5, 5.41) is 14.6. The summed E-state index contributed by atoms with van der Waals surface area (Å²) in [7, 11) is 0. The average Bonchev–Trinajstić information content (AvgIpc) is 2.58. The summed E-state index contributed by atoms with van der Waals surface area (Å²) in [5.74, 6) is -0.0873. The Bertz CT molecular complexity index is 674. The zero-order chi connectivity index (χ0) is 17.2. The largest absolute Gasteiger partial charge is 0.508 e. The molecule has 0 saturated heterocycles. The molecule has 0 bridgehead atoms. The van der Waals surface area contributed by atoms with E-state index >= 15 is 0 Å². The summed E-state index contributed by atoms with van der Waals surface area (Å²) >= 11 is 0. The van der Waals surface area contributed by atoms with Crippen LogP contribution in [0, 0.1) is 0 Å². The second kappa shape index (κ2) is 9.19. The number of anilines is 1. The van der Waals surface area contributed by atoms with Gasteiger partial charge in [0.1, 0.15) is 12.4 Å². The van der Waals surface area contributed by atoms with E-state index in [-0.39, 0.29) is 24.7 Å². The predicted molar refractivity (Wildman–Crippen MR) is 90.6 cm³/mol. The van der Waals surface area contributed by atoms with E-state index < -0.39 is 6.09 Å². The van der Waals surface area contributed by atoms with Gasteiger partial charge in [-0.15, -0.1) is 0 Å². The number of aromatic hydroxyl groups is 1. The van der Waals surface area contributed by atoms with Gasteiger partial charge >= 0.3 is 6.09 Å². The van der Waals surface area contributed by atoms with Crippen LogP contribution in [0.3, 0.4) is 0 Å². The zero-order valence-corrected chi connectivity index (χ0v) is 13.2. The first-order chi connectivity index (χ1) is 11.6. The quantitative estimate of drug-likeness (QED) is 0.682. The van der Waals surface area contributed by atoms with Crippen LogP contribution in [0.5, 0.6) is 5.75 Å². The molecule has 0 fully saturated rings. The lowest BCUT2D eigenvalue weighted by Gasteiger charge is -2.08. The van der Waals surface area contributed by atoms with Gasteiger partial charge in [0.05, 0.1) is 0 Å². The molecule has 3 N–H and O–H groups in total. The van der Waals surface area contributed by atoms with Gasteiger partial charge in [0.2, 0.25) is 5.91 Å². The monoisotopic (exact) mass is 328 g/mol. The summed E-state index contributed by atoms with van der Waals surface area (Å²) < 4.78 is 5.07. The molecule has 0 unspecified atom stereocenters. The lowest BCUT2D eigenvalue weighted by molar-refractivity contribution is -0.116. The van der Waals surface area contributed by atoms with Gasteiger partial charge in [-0.1, -0.05) is 36.4 Å². The molecule has 2 aromatic rings. The molecule has 0 atom stereocenters. The van der Waals surface area contributed by atoms with Crippen LogP contribution in [0.1, 0.15) is 18.4 Å². The average molecular weight is 328 g/mol. The molecule has 0 heterocycles. The number of amides is 2. The van der Waals surface area contributed by atoms with Crippen LogP contribution in [-0.4, -0.2) is 23.7 Å². The fourth-order valence-corrected chi connectivity index (χ4v) is 2.02. The van der Waals surface area contributed by atoms with Crippen LogP contribution >= 0.6 is 0 Å². The molecule has 2 amide bonds. The van der Waals surface area contributed by atoms with E-state index in [0.29, 0.717) is 18.7 Å². The SMILES string of the molecule is O=C(CCCNC(=O)OCc1ccccc1)Nc1cccc(O)c1. The van der Waals surface area contributed by atoms with Gasteiger partial charge in [0, 0.05) is 24.7 Å². The highest BCUT2D eigenvalue weighted by Gasteiger charge is 2.05. The topological polar surface area (TPSA) is 87.7 Å². The Morgan fingerprint density at radius 1 is 1.04 bits per heavy atom. The Balaban J connectivity index is 1.58. The Kier molecular flexibility index (Phi) is 6.64. The van der Waals surface area contributed by atoms with E-state index in [1.54, 1.807) is 12.1 Å². The van der Waals surface area contributed by atoms with Gasteiger partial charge in [-0.2, -0.15) is 0 Å². The van der Waals surface area contributed by atoms with Crippen molar-refractivity contribution in [3.8, 4) is 5.75 Å². The van der Waals surface area contributed by atoms with E-state index in [2.05, 4.69) is 10.6 Å². The molecule has 126 valence electrons. The molecule has 0 aliphatic rings. The summed E-state index contributed by atoms with van der Waals surface area (Å²) in [5.41, 5.74) is 1.45. The Hall–Kier alpha value is -3.02. The molecular weight excluding hydrogens is 308 g/mol. The van der Waals surface area contributed by atoms with E-state index in [0.717, 1.165) is 5.56 Å². The fraction of sp³-hybridized carbons (Fsp3) is 0.222. The minimum atomic E-state index is -0.507. The first-order valence-electron chi connectivity index (χ1n) is 7.67. The van der Waals surface area contributed by atoms with Gasteiger partial charge in [0.15, 0.2) is 0 Å². The first kappa shape index (κ1) is 17.3. The van der Waals surface area contributed by atoms with Crippen molar-refractivity contribution in [1.82, 2.24) is 5.32 Å². The molecule has 0 saturated carbocycles. The van der Waals surface area contributed by atoms with E-state index in [4.69, 9.17) is 4.74 Å². The van der Waals surface area contributed by atoms with E-state index in [9.17, 15) is 14.7 Å². The highest BCUT2D eigenvalue weighted by Crippen LogP contribution is 2.15. The molecular formula is C18H20N2O4. The highest BCUT2D eigenvalue weighted by atomic mass is 16.5. The van der Waals surface area contributed by atoms with Crippen LogP contribution < -0.4 is 10.6 Å². The molecule has 0 aliphatic carbocycles. The maximum absolute atomic E-state index is 11.7. The third kappa shape index (κ3) is 6.39. The van der Waals surface area contributed by atoms with Crippen LogP contribution in [0.15, 0.2) is 54.6 Å². The fourth-order valence-electron chi connectivity index (χ4n) is 2.02. The number of rotatable bonds is 7. The number of carbonyl (C=O) groups excluding carboxylic acids is 2. The summed E-state index contributed by atoms with van der Waals surface area (Å²) in [6.07, 6.45) is 0.243. The first-order valence-corrected chi connectivity index (χ1v) is 7.67. The van der Waals surface area contributed by atoms with Crippen molar-refractivity contribution in [2.24, 2.45) is 0 Å². The minimum absolute atomic E-state index is 0.0932. The Morgan fingerprint density at radius 3 is 2.58 bits per heavy atom. The molecule has 2 rings (SSSR count). The number of hydrogen-bond donors (Lipinski definition) is 3. The van der Waals surface area contributed by atoms with Crippen molar-refractivity contribution < 1.29 is 19.4 Å². The van der Waals surface area contributed by atoms with Crippen LogP contribution in [-0.2, 0) is 16.1 Å². The minimum Gasteiger partial charge on any atom is -0.508 e. The van der Waals surface area contributed by atoms with E-state index in [1.165, 1.54) is 12.1 Å². The highest BCUT2D eigenvalue weighted by molar-refractivity contribution is 5.90. The standard InChI is InChI=1S/C18H20N2O4/c21-16-9-4-8-15(12-16)20-17(22)10-5-11-19-18(23)24-13-14-6-2-1-3-7-14/h1-4,6-9,12,21H,5,10-11,13H2,(H,19,23)(H,20,22). The van der Waals surface area contributed by atoms with Crippen molar-refractivity contribution >= 4 is 17.7 Å². The van der Waals surface area contributed by atoms with Crippen molar-refractivity contribution in [2.45, 2.75) is 19.4 Å². The summed E-state index contributed by atoms with van der Waals surface area (Å²) in [4.78, 5) is 23.3. The molecule has 0 radical (unpaired) electrons. The second-order valence-corrected chi connectivity index (χ2v) is 5.19. The maximum atomic E-state index is 11.7. The summed E-state index contributed by atoms with van der Waals surface area (Å²) in [6.45, 7) is 0.561. The molecule has 2 aromatic carbocycles. The molecule has 24 heavy (non-hydrogen) atoms. The number of nitrogens with one attached hydrogen (secondary N) is 2. The normalized spacial score (nSPS) is 10.0. The lowest BCUT2D eigenvalue weighted by Crippen LogP contribution is -2.26. The summed E-state index contributed by atoms with van der Waals surface area (Å²) in [6, 6.07) is 15.7. The number of benzene rings is 2. The lowest BCUT2D eigenvalue weighted by atomic mass is 10.2. The van der Waals surface area contributed by atoms with Crippen molar-refractivity contribution in [3.05, 3.63) is 60.2 Å². The third-order valence-electron chi connectivity index (χ3n) is 3.19. The van der Waals surface area contributed by atoms with Crippen molar-refractivity contribution in [1.29, 1.82) is 0 Å². The van der Waals surface area contributed by atoms with Gasteiger partial charge in [0.25, 0.3) is 0 Å². The number of ether oxygens (including phenoxy) is 1. The molecule has 6 nitrogen and oxygen atoms in total. The predicted octanol–water partition coefficient (Wildman–Crippen LogP) is 3.04. The third-order valence-corrected chi connectivity index (χ3v) is 3.19. The van der Waals surface area contributed by atoms with Gasteiger partial charge in [-0.25, -0.2) is 4.79 Å². The molecule has 6 heteroatoms. The van der Waals surface area contributed by atoms with Crippen LogP contribution in [0.2, 0.25) is 0 Å². The van der Waals surface area contributed by atoms with Gasteiger partial charge in [-0.05, 0) is 24.1 Å². The van der Waals surface area contributed by atoms with Crippen molar-refractivity contribution in [3.63, 3.8) is 0 Å². The van der Waals surface area contributed by atoms with Crippen LogP contribution in [0.4, 0.5) is 10.5 Å². The number of carbonyl (C=O) groups is 2. The van der Waals surface area contributed by atoms with Gasteiger partial charge in [-0.3, -0.25) is 4.79 Å². The van der Waals surface area contributed by atoms with E-state index in [1.807, 2.05) is 30.3 Å². The molecule has 0 spiro atoms. The Labute approximate surface area is 140 Å². The zero-order valence-electron chi connectivity index (χ0n) is 13.2. The molecule has 0 aromatic heterocycles. The Morgan fingerprint density at radius 2 is 1.83 bits per heavy atom. The number of phenols is 1. The molecule has 0 aliphatic heterocycles. The number of phenolic OH excluding ortho intramolecular Hbond substituents is 1. The van der Waals surface area contributed by atoms with Crippen LogP contribution in [0.25, 0.3) is 0 Å². The maximum Gasteiger partial charge on any atom is 0.407 e. The smallest absolute Gasteiger partial charge is 0.407 e. The van der Waals surface area contributed by atoms with Crippen molar-refractivity contribution in [2.75, 3.05) is 11.9 Å². The van der Waals surface area contributed by atoms with Gasteiger partial charge < -0.3 is 20.5 Å². The second-order valence-electron chi connectivity index (χ2n) is 5.19.